The number of rotatable bonds is 5. The molecule has 3 aromatic carbocycles. The van der Waals surface area contributed by atoms with E-state index in [9.17, 15) is 13.2 Å². The van der Waals surface area contributed by atoms with E-state index in [2.05, 4.69) is 37.2 Å². The second-order valence-corrected chi connectivity index (χ2v) is 9.74. The van der Waals surface area contributed by atoms with E-state index in [0.29, 0.717) is 11.3 Å². The first kappa shape index (κ1) is 21.3. The van der Waals surface area contributed by atoms with Gasteiger partial charge in [0.05, 0.1) is 10.6 Å². The molecular formula is C23H20BrN3O3S. The molecule has 6 nitrogen and oxygen atoms in total. The fourth-order valence-corrected chi connectivity index (χ4v) is 4.74. The normalized spacial score (nSPS) is 14.7. The average molecular weight is 498 g/mol. The number of hydrogen-bond acceptors (Lipinski definition) is 4. The highest BCUT2D eigenvalue weighted by atomic mass is 79.9. The average Bonchev–Trinajstić information content (AvgIpc) is 2.78. The van der Waals surface area contributed by atoms with Gasteiger partial charge >= 0.3 is 0 Å². The zero-order valence-electron chi connectivity index (χ0n) is 16.5. The maximum atomic E-state index is 12.5. The van der Waals surface area contributed by atoms with E-state index in [1.807, 2.05) is 18.2 Å². The Morgan fingerprint density at radius 3 is 2.35 bits per heavy atom. The molecule has 0 heterocycles. The number of benzene rings is 3. The molecule has 0 aliphatic heterocycles. The van der Waals surface area contributed by atoms with Crippen LogP contribution in [0.15, 0.2) is 87.3 Å². The number of carbonyl (C=O) groups is 1. The van der Waals surface area contributed by atoms with Crippen molar-refractivity contribution in [3.63, 3.8) is 0 Å². The number of halogens is 1. The van der Waals surface area contributed by atoms with Crippen LogP contribution in [-0.4, -0.2) is 20.0 Å². The van der Waals surface area contributed by atoms with Gasteiger partial charge in [-0.05, 0) is 73.4 Å². The highest BCUT2D eigenvalue weighted by Crippen LogP contribution is 2.22. The summed E-state index contributed by atoms with van der Waals surface area (Å²) in [5.74, 6) is -0.349. The van der Waals surface area contributed by atoms with Crippen LogP contribution < -0.4 is 10.1 Å². The Balaban J connectivity index is 1.44. The number of hydrogen-bond donors (Lipinski definition) is 2. The van der Waals surface area contributed by atoms with E-state index in [-0.39, 0.29) is 10.8 Å². The first-order chi connectivity index (χ1) is 14.9. The summed E-state index contributed by atoms with van der Waals surface area (Å²) >= 11 is 3.28. The van der Waals surface area contributed by atoms with Crippen LogP contribution in [0.25, 0.3) is 0 Å². The van der Waals surface area contributed by atoms with Gasteiger partial charge in [0, 0.05) is 21.3 Å². The molecule has 0 bridgehead atoms. The van der Waals surface area contributed by atoms with Gasteiger partial charge in [0.25, 0.3) is 15.9 Å². The number of nitrogens with one attached hydrogen (secondary N) is 2. The molecule has 0 aromatic heterocycles. The molecular weight excluding hydrogens is 478 g/mol. The van der Waals surface area contributed by atoms with E-state index in [1.54, 1.807) is 36.4 Å². The third-order valence-electron chi connectivity index (χ3n) is 5.00. The van der Waals surface area contributed by atoms with Gasteiger partial charge in [0.2, 0.25) is 0 Å². The van der Waals surface area contributed by atoms with Crippen LogP contribution in [0, 0.1) is 0 Å². The van der Waals surface area contributed by atoms with Crippen molar-refractivity contribution in [3.05, 3.63) is 94.0 Å². The van der Waals surface area contributed by atoms with Gasteiger partial charge in [0.15, 0.2) is 0 Å². The molecule has 0 spiro atoms. The summed E-state index contributed by atoms with van der Waals surface area (Å²) in [6.07, 6.45) is 2.83. The number of aryl methyl sites for hydroxylation is 1. The van der Waals surface area contributed by atoms with Crippen LogP contribution >= 0.6 is 15.9 Å². The maximum absolute atomic E-state index is 12.5. The second-order valence-electron chi connectivity index (χ2n) is 7.15. The lowest BCUT2D eigenvalue weighted by molar-refractivity contribution is 0.0954. The third kappa shape index (κ3) is 5.03. The minimum absolute atomic E-state index is 0.154. The number of fused-ring (bicyclic) bond motifs is 1. The Labute approximate surface area is 189 Å². The fourth-order valence-electron chi connectivity index (χ4n) is 3.42. The third-order valence-corrected chi connectivity index (χ3v) is 6.93. The molecule has 1 aliphatic carbocycles. The Kier molecular flexibility index (Phi) is 6.20. The fraction of sp³-hybridized carbons (Fsp3) is 0.130. The van der Waals surface area contributed by atoms with Crippen molar-refractivity contribution in [2.24, 2.45) is 5.10 Å². The summed E-state index contributed by atoms with van der Waals surface area (Å²) in [5, 5.41) is 4.33. The molecule has 0 radical (unpaired) electrons. The first-order valence-corrected chi connectivity index (χ1v) is 12.0. The Bertz CT molecular complexity index is 1240. The zero-order valence-corrected chi connectivity index (χ0v) is 18.9. The molecule has 2 N–H and O–H groups in total. The lowest BCUT2D eigenvalue weighted by Crippen LogP contribution is -2.22. The molecule has 0 saturated carbocycles. The summed E-state index contributed by atoms with van der Waals surface area (Å²) in [5.41, 5.74) is 6.56. The number of anilines is 1. The van der Waals surface area contributed by atoms with Gasteiger partial charge in [-0.25, -0.2) is 13.8 Å². The SMILES string of the molecule is O=C(NN=C1CCCc2ccccc21)c1ccc(NS(=O)(=O)c2ccc(Br)cc2)cc1. The van der Waals surface area contributed by atoms with E-state index >= 15 is 0 Å². The number of carbonyl (C=O) groups excluding carboxylic acids is 1. The van der Waals surface area contributed by atoms with E-state index in [0.717, 1.165) is 35.0 Å². The lowest BCUT2D eigenvalue weighted by atomic mass is 9.90. The first-order valence-electron chi connectivity index (χ1n) is 9.76. The summed E-state index contributed by atoms with van der Waals surface area (Å²) in [6.45, 7) is 0. The highest BCUT2D eigenvalue weighted by molar-refractivity contribution is 9.10. The molecule has 1 aliphatic rings. The van der Waals surface area contributed by atoms with Crippen molar-refractivity contribution in [2.45, 2.75) is 24.2 Å². The van der Waals surface area contributed by atoms with Crippen molar-refractivity contribution in [1.29, 1.82) is 0 Å². The van der Waals surface area contributed by atoms with Gasteiger partial charge in [0.1, 0.15) is 0 Å². The van der Waals surface area contributed by atoms with Gasteiger partial charge < -0.3 is 0 Å². The zero-order chi connectivity index (χ0) is 21.8. The highest BCUT2D eigenvalue weighted by Gasteiger charge is 2.16. The van der Waals surface area contributed by atoms with Crippen molar-refractivity contribution < 1.29 is 13.2 Å². The van der Waals surface area contributed by atoms with Crippen LogP contribution in [0.5, 0.6) is 0 Å². The van der Waals surface area contributed by atoms with Crippen LogP contribution in [0.2, 0.25) is 0 Å². The Hall–Kier alpha value is -2.97. The van der Waals surface area contributed by atoms with Crippen LogP contribution in [0.1, 0.15) is 34.3 Å². The van der Waals surface area contributed by atoms with Gasteiger partial charge in [-0.2, -0.15) is 5.10 Å². The minimum atomic E-state index is -3.71. The number of sulfonamides is 1. The van der Waals surface area contributed by atoms with Crippen LogP contribution in [0.3, 0.4) is 0 Å². The standard InChI is InChI=1S/C23H20BrN3O3S/c24-18-10-14-20(15-11-18)31(29,30)27-19-12-8-17(9-13-19)23(28)26-25-22-7-3-5-16-4-1-2-6-21(16)22/h1-2,4,6,8-15,27H,3,5,7H2,(H,26,28). The van der Waals surface area contributed by atoms with E-state index < -0.39 is 10.0 Å². The molecule has 31 heavy (non-hydrogen) atoms. The Morgan fingerprint density at radius 2 is 1.61 bits per heavy atom. The van der Waals surface area contributed by atoms with Crippen molar-refractivity contribution >= 4 is 43.3 Å². The van der Waals surface area contributed by atoms with Crippen molar-refractivity contribution in [1.82, 2.24) is 5.43 Å². The predicted octanol–water partition coefficient (Wildman–Crippen LogP) is 4.72. The second kappa shape index (κ2) is 9.03. The largest absolute Gasteiger partial charge is 0.280 e. The Morgan fingerprint density at radius 1 is 0.903 bits per heavy atom. The number of amides is 1. The van der Waals surface area contributed by atoms with Gasteiger partial charge in [-0.3, -0.25) is 9.52 Å². The summed E-state index contributed by atoms with van der Waals surface area (Å²) < 4.78 is 28.3. The molecule has 1 amide bonds. The number of hydrazone groups is 1. The molecule has 3 aromatic rings. The summed E-state index contributed by atoms with van der Waals surface area (Å²) in [6, 6.07) is 20.6. The van der Waals surface area contributed by atoms with E-state index in [4.69, 9.17) is 0 Å². The van der Waals surface area contributed by atoms with Crippen molar-refractivity contribution in [3.8, 4) is 0 Å². The molecule has 0 atom stereocenters. The topological polar surface area (TPSA) is 87.6 Å². The summed E-state index contributed by atoms with van der Waals surface area (Å²) in [4.78, 5) is 12.6. The van der Waals surface area contributed by atoms with Crippen molar-refractivity contribution in [2.75, 3.05) is 4.72 Å². The molecule has 4 rings (SSSR count). The molecule has 158 valence electrons. The quantitative estimate of drug-likeness (QED) is 0.499. The van der Waals surface area contributed by atoms with Gasteiger partial charge in [-0.15, -0.1) is 0 Å². The van der Waals surface area contributed by atoms with Crippen LogP contribution in [0.4, 0.5) is 5.69 Å². The maximum Gasteiger partial charge on any atom is 0.271 e. The molecule has 0 unspecified atom stereocenters. The predicted molar refractivity (Wildman–Crippen MR) is 125 cm³/mol. The van der Waals surface area contributed by atoms with Gasteiger partial charge in [-0.1, -0.05) is 40.2 Å². The van der Waals surface area contributed by atoms with Crippen LogP contribution in [-0.2, 0) is 16.4 Å². The number of nitrogens with zero attached hydrogens (tertiary/aromatic N) is 1. The smallest absolute Gasteiger partial charge is 0.271 e. The minimum Gasteiger partial charge on any atom is -0.280 e. The molecule has 8 heteroatoms. The lowest BCUT2D eigenvalue weighted by Gasteiger charge is -2.17. The molecule has 0 saturated heterocycles. The summed E-state index contributed by atoms with van der Waals surface area (Å²) in [7, 11) is -3.71. The van der Waals surface area contributed by atoms with E-state index in [1.165, 1.54) is 17.7 Å². The molecule has 0 fully saturated rings. The monoisotopic (exact) mass is 497 g/mol.